The predicted octanol–water partition coefficient (Wildman–Crippen LogP) is 3.77. The van der Waals surface area contributed by atoms with Gasteiger partial charge in [-0.2, -0.15) is 0 Å². The zero-order valence-electron chi connectivity index (χ0n) is 13.4. The third kappa shape index (κ3) is 4.18. The lowest BCUT2D eigenvalue weighted by atomic mass is 10.2. The third-order valence-electron chi connectivity index (χ3n) is 4.09. The molecule has 1 fully saturated rings. The molecule has 130 valence electrons. The Bertz CT molecular complexity index is 779. The maximum Gasteiger partial charge on any atom is 0.271 e. The molecule has 0 amide bonds. The van der Waals surface area contributed by atoms with Crippen LogP contribution in [0.1, 0.15) is 0 Å². The van der Waals surface area contributed by atoms with Crippen molar-refractivity contribution >= 4 is 46.0 Å². The quantitative estimate of drug-likeness (QED) is 0.500. The van der Waals surface area contributed by atoms with E-state index in [9.17, 15) is 10.1 Å². The van der Waals surface area contributed by atoms with Crippen LogP contribution in [0.2, 0.25) is 5.02 Å². The van der Waals surface area contributed by atoms with Crippen molar-refractivity contribution in [3.63, 3.8) is 0 Å². The number of anilines is 2. The lowest BCUT2D eigenvalue weighted by Gasteiger charge is -2.37. The van der Waals surface area contributed by atoms with Crippen LogP contribution >= 0.6 is 23.8 Å². The van der Waals surface area contributed by atoms with Crippen LogP contribution in [-0.4, -0.2) is 41.1 Å². The molecular weight excluding hydrogens is 360 g/mol. The maximum absolute atomic E-state index is 10.9. The van der Waals surface area contributed by atoms with Crippen LogP contribution in [0.4, 0.5) is 17.1 Å². The molecule has 6 nitrogen and oxygen atoms in total. The molecule has 8 heteroatoms. The summed E-state index contributed by atoms with van der Waals surface area (Å²) in [6.07, 6.45) is 0. The summed E-state index contributed by atoms with van der Waals surface area (Å²) < 4.78 is 0. The number of rotatable bonds is 3. The summed E-state index contributed by atoms with van der Waals surface area (Å²) >= 11 is 11.6. The predicted molar refractivity (Wildman–Crippen MR) is 105 cm³/mol. The minimum Gasteiger partial charge on any atom is -0.368 e. The number of hydrogen-bond acceptors (Lipinski definition) is 4. The van der Waals surface area contributed by atoms with Crippen LogP contribution in [0.25, 0.3) is 0 Å². The molecule has 1 heterocycles. The van der Waals surface area contributed by atoms with Gasteiger partial charge in [-0.1, -0.05) is 29.8 Å². The minimum absolute atomic E-state index is 0.0244. The highest BCUT2D eigenvalue weighted by atomic mass is 35.5. The summed E-state index contributed by atoms with van der Waals surface area (Å²) in [5, 5.41) is 14.9. The number of para-hydroxylation sites is 1. The van der Waals surface area contributed by atoms with Crippen LogP contribution in [0.3, 0.4) is 0 Å². The van der Waals surface area contributed by atoms with E-state index in [1.807, 2.05) is 23.1 Å². The number of nitrogens with zero attached hydrogens (tertiary/aromatic N) is 3. The molecule has 0 saturated carbocycles. The van der Waals surface area contributed by atoms with E-state index in [0.29, 0.717) is 15.8 Å². The van der Waals surface area contributed by atoms with E-state index >= 15 is 0 Å². The van der Waals surface area contributed by atoms with E-state index in [1.165, 1.54) is 23.9 Å². The number of hydrogen-bond donors (Lipinski definition) is 1. The molecule has 0 spiro atoms. The van der Waals surface area contributed by atoms with Gasteiger partial charge in [0.25, 0.3) is 5.69 Å². The second-order valence-corrected chi connectivity index (χ2v) is 6.45. The summed E-state index contributed by atoms with van der Waals surface area (Å²) in [5.41, 5.74) is 1.62. The van der Waals surface area contributed by atoms with Crippen molar-refractivity contribution in [2.75, 3.05) is 36.4 Å². The molecule has 1 aliphatic heterocycles. The second-order valence-electron chi connectivity index (χ2n) is 5.66. The standard InChI is InChI=1S/C17H17ClN4O2S/c18-15-7-6-14(22(23)24)12-16(15)19-17(25)21-10-8-20(9-11-21)13-4-2-1-3-5-13/h1-7,12H,8-11H2,(H,19,25). The maximum atomic E-state index is 10.9. The fourth-order valence-electron chi connectivity index (χ4n) is 2.72. The number of nitro groups is 1. The Morgan fingerprint density at radius 2 is 1.80 bits per heavy atom. The van der Waals surface area contributed by atoms with Crippen molar-refractivity contribution in [2.45, 2.75) is 0 Å². The van der Waals surface area contributed by atoms with E-state index in [2.05, 4.69) is 22.3 Å². The second kappa shape index (κ2) is 7.67. The van der Waals surface area contributed by atoms with Crippen LogP contribution in [0.5, 0.6) is 0 Å². The van der Waals surface area contributed by atoms with E-state index in [4.69, 9.17) is 23.8 Å². The molecule has 2 aromatic rings. The van der Waals surface area contributed by atoms with Gasteiger partial charge in [0.15, 0.2) is 5.11 Å². The Morgan fingerprint density at radius 3 is 2.44 bits per heavy atom. The highest BCUT2D eigenvalue weighted by molar-refractivity contribution is 7.80. The first-order chi connectivity index (χ1) is 12.0. The monoisotopic (exact) mass is 376 g/mol. The Kier molecular flexibility index (Phi) is 5.35. The number of nitro benzene ring substituents is 1. The van der Waals surface area contributed by atoms with Crippen LogP contribution in [0, 0.1) is 10.1 Å². The summed E-state index contributed by atoms with van der Waals surface area (Å²) in [4.78, 5) is 14.8. The van der Waals surface area contributed by atoms with Gasteiger partial charge in [0.2, 0.25) is 0 Å². The molecule has 1 aliphatic rings. The molecule has 25 heavy (non-hydrogen) atoms. The molecule has 0 unspecified atom stereocenters. The summed E-state index contributed by atoms with van der Waals surface area (Å²) in [6, 6.07) is 14.5. The van der Waals surface area contributed by atoms with Gasteiger partial charge in [-0.3, -0.25) is 10.1 Å². The van der Waals surface area contributed by atoms with Crippen molar-refractivity contribution in [3.05, 3.63) is 63.7 Å². The van der Waals surface area contributed by atoms with Crippen molar-refractivity contribution in [1.82, 2.24) is 4.90 Å². The molecule has 0 aromatic heterocycles. The molecule has 0 bridgehead atoms. The number of halogens is 1. The molecule has 0 aliphatic carbocycles. The largest absolute Gasteiger partial charge is 0.368 e. The SMILES string of the molecule is O=[N+]([O-])c1ccc(Cl)c(NC(=S)N2CCN(c3ccccc3)CC2)c1. The first-order valence-electron chi connectivity index (χ1n) is 7.84. The number of thiocarbonyl (C=S) groups is 1. The minimum atomic E-state index is -0.455. The average molecular weight is 377 g/mol. The first-order valence-corrected chi connectivity index (χ1v) is 8.63. The van der Waals surface area contributed by atoms with Crippen molar-refractivity contribution < 1.29 is 4.92 Å². The van der Waals surface area contributed by atoms with Gasteiger partial charge in [-0.25, -0.2) is 0 Å². The van der Waals surface area contributed by atoms with Crippen molar-refractivity contribution in [2.24, 2.45) is 0 Å². The van der Waals surface area contributed by atoms with Gasteiger partial charge >= 0.3 is 0 Å². The zero-order chi connectivity index (χ0) is 17.8. The fraction of sp³-hybridized carbons (Fsp3) is 0.235. The Morgan fingerprint density at radius 1 is 1.12 bits per heavy atom. The molecule has 0 atom stereocenters. The fourth-order valence-corrected chi connectivity index (χ4v) is 3.18. The summed E-state index contributed by atoms with van der Waals surface area (Å²) in [6.45, 7) is 3.25. The van der Waals surface area contributed by atoms with Gasteiger partial charge in [-0.05, 0) is 30.4 Å². The molecular formula is C17H17ClN4O2S. The topological polar surface area (TPSA) is 61.7 Å². The summed E-state index contributed by atoms with van der Waals surface area (Å²) in [5.74, 6) is 0. The number of piperazine rings is 1. The van der Waals surface area contributed by atoms with Crippen molar-refractivity contribution in [1.29, 1.82) is 0 Å². The smallest absolute Gasteiger partial charge is 0.271 e. The number of non-ortho nitro benzene ring substituents is 1. The number of nitrogens with one attached hydrogen (secondary N) is 1. The van der Waals surface area contributed by atoms with Crippen LogP contribution < -0.4 is 10.2 Å². The van der Waals surface area contributed by atoms with Crippen molar-refractivity contribution in [3.8, 4) is 0 Å². The van der Waals surface area contributed by atoms with Gasteiger partial charge < -0.3 is 15.1 Å². The lowest BCUT2D eigenvalue weighted by molar-refractivity contribution is -0.384. The molecule has 1 N–H and O–H groups in total. The third-order valence-corrected chi connectivity index (χ3v) is 4.78. The average Bonchev–Trinajstić information content (AvgIpc) is 2.64. The molecule has 1 saturated heterocycles. The van der Waals surface area contributed by atoms with Crippen LogP contribution in [0.15, 0.2) is 48.5 Å². The highest BCUT2D eigenvalue weighted by Crippen LogP contribution is 2.27. The van der Waals surface area contributed by atoms with Gasteiger partial charge in [-0.15, -0.1) is 0 Å². The van der Waals surface area contributed by atoms with Gasteiger partial charge in [0.05, 0.1) is 15.6 Å². The number of benzene rings is 2. The van der Waals surface area contributed by atoms with Crippen LogP contribution in [-0.2, 0) is 0 Å². The van der Waals surface area contributed by atoms with E-state index in [-0.39, 0.29) is 5.69 Å². The Balaban J connectivity index is 1.62. The van der Waals surface area contributed by atoms with E-state index in [0.717, 1.165) is 26.2 Å². The first kappa shape index (κ1) is 17.4. The van der Waals surface area contributed by atoms with E-state index in [1.54, 1.807) is 0 Å². The van der Waals surface area contributed by atoms with Gasteiger partial charge in [0, 0.05) is 44.0 Å². The van der Waals surface area contributed by atoms with E-state index < -0.39 is 4.92 Å². The molecule has 0 radical (unpaired) electrons. The Hall–Kier alpha value is -2.38. The molecule has 2 aromatic carbocycles. The zero-order valence-corrected chi connectivity index (χ0v) is 15.0. The summed E-state index contributed by atoms with van der Waals surface area (Å²) in [7, 11) is 0. The van der Waals surface area contributed by atoms with Gasteiger partial charge in [0.1, 0.15) is 0 Å². The highest BCUT2D eigenvalue weighted by Gasteiger charge is 2.20. The normalized spacial score (nSPS) is 14.3. The lowest BCUT2D eigenvalue weighted by Crippen LogP contribution is -2.50. The molecule has 3 rings (SSSR count). The Labute approximate surface area is 156 Å².